The van der Waals surface area contributed by atoms with E-state index in [1.54, 1.807) is 11.3 Å². The SMILES string of the molecule is O=C(NCc1cccs1)Nc1nc(CC(=O)N2CCN(C(c3ccccc3)c3ccccc3)CC2)cs1. The smallest absolute Gasteiger partial charge is 0.321 e. The maximum absolute atomic E-state index is 13.0. The molecule has 0 unspecified atom stereocenters. The third-order valence-electron chi connectivity index (χ3n) is 6.37. The van der Waals surface area contributed by atoms with Crippen molar-refractivity contribution in [1.82, 2.24) is 20.1 Å². The van der Waals surface area contributed by atoms with Crippen molar-refractivity contribution in [3.8, 4) is 0 Å². The van der Waals surface area contributed by atoms with Crippen molar-refractivity contribution in [2.75, 3.05) is 31.5 Å². The number of anilines is 1. The van der Waals surface area contributed by atoms with Crippen LogP contribution in [-0.2, 0) is 17.8 Å². The van der Waals surface area contributed by atoms with E-state index in [1.165, 1.54) is 22.5 Å². The number of thiazole rings is 1. The number of nitrogens with one attached hydrogen (secondary N) is 2. The summed E-state index contributed by atoms with van der Waals surface area (Å²) in [5.41, 5.74) is 3.20. The van der Waals surface area contributed by atoms with E-state index in [0.29, 0.717) is 30.5 Å². The number of piperazine rings is 1. The van der Waals surface area contributed by atoms with Crippen LogP contribution in [-0.4, -0.2) is 52.9 Å². The highest BCUT2D eigenvalue weighted by atomic mass is 32.1. The average molecular weight is 532 g/mol. The number of hydrogen-bond acceptors (Lipinski definition) is 6. The van der Waals surface area contributed by atoms with Gasteiger partial charge in [-0.05, 0) is 22.6 Å². The number of thiophene rings is 1. The van der Waals surface area contributed by atoms with Gasteiger partial charge in [0, 0.05) is 36.4 Å². The zero-order valence-corrected chi connectivity index (χ0v) is 22.0. The van der Waals surface area contributed by atoms with Crippen LogP contribution in [0.2, 0.25) is 0 Å². The van der Waals surface area contributed by atoms with E-state index >= 15 is 0 Å². The molecule has 7 nitrogen and oxygen atoms in total. The van der Waals surface area contributed by atoms with Crippen LogP contribution < -0.4 is 10.6 Å². The lowest BCUT2D eigenvalue weighted by Crippen LogP contribution is -2.50. The molecule has 2 aromatic heterocycles. The summed E-state index contributed by atoms with van der Waals surface area (Å²) < 4.78 is 0. The van der Waals surface area contributed by atoms with Crippen molar-refractivity contribution in [2.45, 2.75) is 19.0 Å². The quantitative estimate of drug-likeness (QED) is 0.335. The average Bonchev–Trinajstić information content (AvgIpc) is 3.62. The van der Waals surface area contributed by atoms with Crippen molar-refractivity contribution in [3.05, 3.63) is 105 Å². The van der Waals surface area contributed by atoms with Gasteiger partial charge in [0.05, 0.1) is 24.7 Å². The molecular formula is C28H29N5O2S2. The van der Waals surface area contributed by atoms with Crippen molar-refractivity contribution in [3.63, 3.8) is 0 Å². The summed E-state index contributed by atoms with van der Waals surface area (Å²) in [7, 11) is 0. The second kappa shape index (κ2) is 12.1. The normalized spacial score (nSPS) is 14.0. The van der Waals surface area contributed by atoms with E-state index in [-0.39, 0.29) is 24.4 Å². The first-order valence-electron chi connectivity index (χ1n) is 12.3. The molecule has 1 saturated heterocycles. The fraction of sp³-hybridized carbons (Fsp3) is 0.250. The van der Waals surface area contributed by atoms with E-state index in [4.69, 9.17) is 0 Å². The molecule has 0 spiro atoms. The molecule has 190 valence electrons. The number of hydrogen-bond donors (Lipinski definition) is 2. The molecule has 2 aromatic carbocycles. The molecule has 0 aliphatic carbocycles. The molecule has 0 atom stereocenters. The Morgan fingerprint density at radius 1 is 0.865 bits per heavy atom. The van der Waals surface area contributed by atoms with Crippen molar-refractivity contribution in [2.24, 2.45) is 0 Å². The Kier molecular flexibility index (Phi) is 8.25. The Morgan fingerprint density at radius 2 is 1.54 bits per heavy atom. The number of amides is 3. The van der Waals surface area contributed by atoms with Crippen LogP contribution in [0, 0.1) is 0 Å². The minimum Gasteiger partial charge on any atom is -0.340 e. The maximum atomic E-state index is 13.0. The summed E-state index contributed by atoms with van der Waals surface area (Å²) in [5, 5.41) is 9.88. The summed E-state index contributed by atoms with van der Waals surface area (Å²) in [5.74, 6) is 0.0645. The lowest BCUT2D eigenvalue weighted by atomic mass is 9.96. The number of nitrogens with zero attached hydrogens (tertiary/aromatic N) is 3. The van der Waals surface area contributed by atoms with Gasteiger partial charge >= 0.3 is 6.03 Å². The monoisotopic (exact) mass is 531 g/mol. The molecule has 0 radical (unpaired) electrons. The van der Waals surface area contributed by atoms with Crippen LogP contribution in [0.1, 0.15) is 27.7 Å². The van der Waals surface area contributed by atoms with Gasteiger partial charge in [0.1, 0.15) is 0 Å². The zero-order valence-electron chi connectivity index (χ0n) is 20.4. The predicted molar refractivity (Wildman–Crippen MR) is 149 cm³/mol. The molecule has 1 aliphatic heterocycles. The fourth-order valence-corrected chi connectivity index (χ4v) is 5.90. The van der Waals surface area contributed by atoms with Crippen LogP contribution in [0.4, 0.5) is 9.93 Å². The minimum atomic E-state index is -0.303. The summed E-state index contributed by atoms with van der Waals surface area (Å²) in [6.07, 6.45) is 0.232. The van der Waals surface area contributed by atoms with Crippen LogP contribution >= 0.6 is 22.7 Å². The molecule has 1 aliphatic rings. The van der Waals surface area contributed by atoms with Gasteiger partial charge in [0.25, 0.3) is 0 Å². The largest absolute Gasteiger partial charge is 0.340 e. The van der Waals surface area contributed by atoms with Gasteiger partial charge in [-0.1, -0.05) is 66.7 Å². The van der Waals surface area contributed by atoms with Gasteiger partial charge in [-0.25, -0.2) is 9.78 Å². The van der Waals surface area contributed by atoms with E-state index in [0.717, 1.165) is 18.0 Å². The molecule has 4 aromatic rings. The highest BCUT2D eigenvalue weighted by Crippen LogP contribution is 2.29. The number of carbonyl (C=O) groups is 2. The second-order valence-corrected chi connectivity index (χ2v) is 10.7. The van der Waals surface area contributed by atoms with E-state index in [1.807, 2.05) is 39.9 Å². The van der Waals surface area contributed by atoms with Gasteiger partial charge < -0.3 is 10.2 Å². The minimum absolute atomic E-state index is 0.0645. The first-order chi connectivity index (χ1) is 18.2. The molecule has 0 bridgehead atoms. The van der Waals surface area contributed by atoms with Gasteiger partial charge in [-0.15, -0.1) is 22.7 Å². The van der Waals surface area contributed by atoms with Crippen LogP contribution in [0.3, 0.4) is 0 Å². The number of benzene rings is 2. The van der Waals surface area contributed by atoms with Gasteiger partial charge in [0.15, 0.2) is 5.13 Å². The van der Waals surface area contributed by atoms with Crippen molar-refractivity contribution >= 4 is 39.7 Å². The summed E-state index contributed by atoms with van der Waals surface area (Å²) in [4.78, 5) is 35.1. The third-order valence-corrected chi connectivity index (χ3v) is 8.05. The number of urea groups is 1. The van der Waals surface area contributed by atoms with Gasteiger partial charge in [0.2, 0.25) is 5.91 Å². The summed E-state index contributed by atoms with van der Waals surface area (Å²) in [6.45, 7) is 3.43. The molecule has 5 rings (SSSR count). The van der Waals surface area contributed by atoms with Crippen LogP contribution in [0.25, 0.3) is 0 Å². The molecule has 37 heavy (non-hydrogen) atoms. The standard InChI is InChI=1S/C28H29N5O2S2/c34-25(18-23-20-37-28(30-23)31-27(35)29-19-24-12-7-17-36-24)32-13-15-33(16-14-32)26(21-8-3-1-4-9-21)22-10-5-2-6-11-22/h1-12,17,20,26H,13-16,18-19H2,(H2,29,30,31,35). The van der Waals surface area contributed by atoms with E-state index in [9.17, 15) is 9.59 Å². The fourth-order valence-electron chi connectivity index (χ4n) is 4.55. The lowest BCUT2D eigenvalue weighted by Gasteiger charge is -2.39. The molecule has 2 N–H and O–H groups in total. The van der Waals surface area contributed by atoms with Crippen molar-refractivity contribution in [1.29, 1.82) is 0 Å². The maximum Gasteiger partial charge on any atom is 0.321 e. The molecule has 9 heteroatoms. The van der Waals surface area contributed by atoms with Crippen molar-refractivity contribution < 1.29 is 9.59 Å². The van der Waals surface area contributed by atoms with Gasteiger partial charge in [-0.3, -0.25) is 15.0 Å². The summed E-state index contributed by atoms with van der Waals surface area (Å²) >= 11 is 2.92. The highest BCUT2D eigenvalue weighted by Gasteiger charge is 2.28. The van der Waals surface area contributed by atoms with E-state index in [2.05, 4.69) is 69.0 Å². The Balaban J connectivity index is 1.14. The lowest BCUT2D eigenvalue weighted by molar-refractivity contribution is -0.132. The van der Waals surface area contributed by atoms with E-state index < -0.39 is 0 Å². The molecular weight excluding hydrogens is 502 g/mol. The molecule has 1 fully saturated rings. The van der Waals surface area contributed by atoms with Crippen LogP contribution in [0.5, 0.6) is 0 Å². The Labute approximate surface area is 224 Å². The molecule has 0 saturated carbocycles. The number of aromatic nitrogens is 1. The molecule has 3 amide bonds. The Bertz CT molecular complexity index is 1250. The second-order valence-electron chi connectivity index (χ2n) is 8.85. The highest BCUT2D eigenvalue weighted by molar-refractivity contribution is 7.14. The Morgan fingerprint density at radius 3 is 2.16 bits per heavy atom. The number of carbonyl (C=O) groups excluding carboxylic acids is 2. The first kappa shape index (κ1) is 25.1. The molecule has 3 heterocycles. The van der Waals surface area contributed by atoms with Crippen LogP contribution in [0.15, 0.2) is 83.6 Å². The van der Waals surface area contributed by atoms with Gasteiger partial charge in [-0.2, -0.15) is 0 Å². The first-order valence-corrected chi connectivity index (χ1v) is 14.0. The Hall–Kier alpha value is -3.53. The zero-order chi connectivity index (χ0) is 25.5. The third kappa shape index (κ3) is 6.62. The predicted octanol–water partition coefficient (Wildman–Crippen LogP) is 5.00. The number of rotatable bonds is 8. The summed E-state index contributed by atoms with van der Waals surface area (Å²) in [6, 6.07) is 24.9. The topological polar surface area (TPSA) is 77.6 Å².